The summed E-state index contributed by atoms with van der Waals surface area (Å²) in [4.78, 5) is 33.6. The third-order valence-corrected chi connectivity index (χ3v) is 10.2. The summed E-state index contributed by atoms with van der Waals surface area (Å²) in [5.74, 6) is -0.247. The van der Waals surface area contributed by atoms with Gasteiger partial charge in [0.1, 0.15) is 5.54 Å². The number of fused-ring (bicyclic) bond motifs is 1. The first-order valence-corrected chi connectivity index (χ1v) is 15.4. The lowest BCUT2D eigenvalue weighted by Gasteiger charge is -2.34. The van der Waals surface area contributed by atoms with E-state index in [0.717, 1.165) is 10.0 Å². The van der Waals surface area contributed by atoms with Gasteiger partial charge in [-0.25, -0.2) is 18.3 Å². The van der Waals surface area contributed by atoms with Gasteiger partial charge in [0.2, 0.25) is 11.9 Å². The molecule has 3 heterocycles. The third-order valence-electron chi connectivity index (χ3n) is 7.33. The van der Waals surface area contributed by atoms with Crippen molar-refractivity contribution in [3.63, 3.8) is 0 Å². The van der Waals surface area contributed by atoms with Crippen molar-refractivity contribution in [3.05, 3.63) is 68.7 Å². The summed E-state index contributed by atoms with van der Waals surface area (Å²) in [6.07, 6.45) is 1.85. The topological polar surface area (TPSA) is 95.8 Å². The van der Waals surface area contributed by atoms with Crippen LogP contribution >= 0.6 is 39.1 Å². The standard InChI is InChI=1S/C26H26BrCl2N5O4S/c1-3-26(15-18-4-6-19(27)7-5-18)24(36)33(22-13-20(28)12-21(29)14-22)25-30-16-23(34(25)26)39(37,38)32-10-8-31(9-11-32)17(2)35/h4-7,12-14,16H,3,8-11,15H2,1-2H3. The summed E-state index contributed by atoms with van der Waals surface area (Å²) in [7, 11) is -4.06. The van der Waals surface area contributed by atoms with Crippen molar-refractivity contribution >= 4 is 72.6 Å². The molecule has 13 heteroatoms. The van der Waals surface area contributed by atoms with E-state index < -0.39 is 15.6 Å². The Balaban J connectivity index is 1.66. The molecule has 0 N–H and O–H groups in total. The zero-order valence-electron chi connectivity index (χ0n) is 21.3. The molecule has 0 spiro atoms. The fraction of sp³-hybridized carbons (Fsp3) is 0.346. The van der Waals surface area contributed by atoms with Gasteiger partial charge in [0.05, 0.1) is 11.9 Å². The number of amides is 2. The van der Waals surface area contributed by atoms with Crippen molar-refractivity contribution in [2.45, 2.75) is 37.3 Å². The molecule has 39 heavy (non-hydrogen) atoms. The summed E-state index contributed by atoms with van der Waals surface area (Å²) in [5.41, 5.74) is -0.0233. The second-order valence-corrected chi connectivity index (χ2v) is 13.3. The number of nitrogens with zero attached hydrogens (tertiary/aromatic N) is 5. The number of carbonyl (C=O) groups excluding carboxylic acids is 2. The number of carbonyl (C=O) groups is 2. The van der Waals surface area contributed by atoms with E-state index in [4.69, 9.17) is 23.2 Å². The third kappa shape index (κ3) is 4.88. The minimum absolute atomic E-state index is 0.0725. The van der Waals surface area contributed by atoms with Crippen LogP contribution in [-0.2, 0) is 31.6 Å². The Morgan fingerprint density at radius 1 is 1.05 bits per heavy atom. The number of imidazole rings is 1. The van der Waals surface area contributed by atoms with E-state index in [0.29, 0.717) is 35.2 Å². The van der Waals surface area contributed by atoms with Crippen LogP contribution in [-0.4, -0.2) is 65.2 Å². The lowest BCUT2D eigenvalue weighted by Crippen LogP contribution is -2.51. The van der Waals surface area contributed by atoms with Crippen LogP contribution in [0.1, 0.15) is 25.8 Å². The van der Waals surface area contributed by atoms with Gasteiger partial charge < -0.3 is 4.90 Å². The summed E-state index contributed by atoms with van der Waals surface area (Å²) in [5, 5.41) is 0.597. The average Bonchev–Trinajstić information content (AvgIpc) is 3.42. The van der Waals surface area contributed by atoms with Crippen molar-refractivity contribution in [1.29, 1.82) is 0 Å². The van der Waals surface area contributed by atoms with E-state index in [1.165, 1.54) is 22.3 Å². The van der Waals surface area contributed by atoms with Crippen LogP contribution < -0.4 is 4.90 Å². The van der Waals surface area contributed by atoms with Gasteiger partial charge in [0, 0.05) is 54.0 Å². The maximum absolute atomic E-state index is 14.4. The van der Waals surface area contributed by atoms with E-state index >= 15 is 0 Å². The quantitative estimate of drug-likeness (QED) is 0.379. The van der Waals surface area contributed by atoms with Gasteiger partial charge in [-0.05, 0) is 42.3 Å². The first-order valence-electron chi connectivity index (χ1n) is 12.4. The lowest BCUT2D eigenvalue weighted by atomic mass is 9.87. The van der Waals surface area contributed by atoms with Gasteiger partial charge in [-0.1, -0.05) is 58.2 Å². The second kappa shape index (κ2) is 10.5. The molecule has 5 rings (SSSR count). The smallest absolute Gasteiger partial charge is 0.260 e. The number of piperazine rings is 1. The van der Waals surface area contributed by atoms with Crippen molar-refractivity contribution in [3.8, 4) is 0 Å². The Labute approximate surface area is 245 Å². The molecule has 2 amide bonds. The number of hydrogen-bond acceptors (Lipinski definition) is 5. The van der Waals surface area contributed by atoms with E-state index in [2.05, 4.69) is 20.9 Å². The average molecular weight is 655 g/mol. The number of rotatable bonds is 6. The van der Waals surface area contributed by atoms with Crippen LogP contribution in [0, 0.1) is 0 Å². The molecule has 1 unspecified atom stereocenters. The molecule has 1 saturated heterocycles. The van der Waals surface area contributed by atoms with Gasteiger partial charge in [-0.15, -0.1) is 0 Å². The molecule has 2 aliphatic rings. The lowest BCUT2D eigenvalue weighted by molar-refractivity contribution is -0.130. The first kappa shape index (κ1) is 28.1. The Hall–Kier alpha value is -2.44. The fourth-order valence-corrected chi connectivity index (χ4v) is 7.63. The predicted octanol–water partition coefficient (Wildman–Crippen LogP) is 4.83. The highest BCUT2D eigenvalue weighted by Gasteiger charge is 2.54. The molecule has 0 saturated carbocycles. The number of aromatic nitrogens is 2. The normalized spacial score (nSPS) is 20.0. The molecule has 1 fully saturated rings. The van der Waals surface area contributed by atoms with Gasteiger partial charge in [-0.3, -0.25) is 14.2 Å². The van der Waals surface area contributed by atoms with E-state index in [9.17, 15) is 18.0 Å². The number of halogens is 3. The van der Waals surface area contributed by atoms with Gasteiger partial charge >= 0.3 is 0 Å². The maximum Gasteiger partial charge on any atom is 0.260 e. The van der Waals surface area contributed by atoms with Crippen molar-refractivity contribution in [1.82, 2.24) is 18.8 Å². The number of anilines is 2. The van der Waals surface area contributed by atoms with Crippen molar-refractivity contribution in [2.75, 3.05) is 31.1 Å². The zero-order valence-corrected chi connectivity index (χ0v) is 25.2. The molecule has 3 aromatic rings. The molecule has 1 aromatic heterocycles. The summed E-state index contributed by atoms with van der Waals surface area (Å²) >= 11 is 16.0. The number of hydrogen-bond donors (Lipinski definition) is 0. The molecule has 2 aromatic carbocycles. The van der Waals surface area contributed by atoms with Gasteiger partial charge in [0.25, 0.3) is 15.9 Å². The minimum atomic E-state index is -4.06. The number of benzene rings is 2. The fourth-order valence-electron chi connectivity index (χ4n) is 5.27. The van der Waals surface area contributed by atoms with Crippen LogP contribution in [0.2, 0.25) is 10.0 Å². The highest BCUT2D eigenvalue weighted by Crippen LogP contribution is 2.46. The van der Waals surface area contributed by atoms with Crippen LogP contribution in [0.4, 0.5) is 11.6 Å². The van der Waals surface area contributed by atoms with Gasteiger partial charge in [0.15, 0.2) is 5.03 Å². The van der Waals surface area contributed by atoms with Crippen molar-refractivity contribution < 1.29 is 18.0 Å². The first-order chi connectivity index (χ1) is 18.5. The highest BCUT2D eigenvalue weighted by atomic mass is 79.9. The molecule has 1 atom stereocenters. The van der Waals surface area contributed by atoms with Crippen LogP contribution in [0.15, 0.2) is 58.2 Å². The van der Waals surface area contributed by atoms with E-state index in [1.54, 1.807) is 27.7 Å². The monoisotopic (exact) mass is 653 g/mol. The molecule has 0 aliphatic carbocycles. The Morgan fingerprint density at radius 3 is 2.23 bits per heavy atom. The zero-order chi connectivity index (χ0) is 28.1. The largest absolute Gasteiger partial charge is 0.340 e. The van der Waals surface area contributed by atoms with Gasteiger partial charge in [-0.2, -0.15) is 4.31 Å². The van der Waals surface area contributed by atoms with E-state index in [1.807, 2.05) is 31.2 Å². The summed E-state index contributed by atoms with van der Waals surface area (Å²) in [6, 6.07) is 12.3. The maximum atomic E-state index is 14.4. The highest BCUT2D eigenvalue weighted by molar-refractivity contribution is 9.10. The molecular formula is C26H26BrCl2N5O4S. The number of sulfonamides is 1. The Kier molecular flexibility index (Phi) is 7.58. The van der Waals surface area contributed by atoms with Crippen LogP contribution in [0.5, 0.6) is 0 Å². The molecule has 2 aliphatic heterocycles. The van der Waals surface area contributed by atoms with E-state index in [-0.39, 0.29) is 42.3 Å². The van der Waals surface area contributed by atoms with Crippen molar-refractivity contribution in [2.24, 2.45) is 0 Å². The Morgan fingerprint density at radius 2 is 1.67 bits per heavy atom. The second-order valence-electron chi connectivity index (χ2n) is 9.60. The predicted molar refractivity (Wildman–Crippen MR) is 153 cm³/mol. The molecule has 0 radical (unpaired) electrons. The Bertz CT molecular complexity index is 1530. The summed E-state index contributed by atoms with van der Waals surface area (Å²) < 4.78 is 31.8. The summed E-state index contributed by atoms with van der Waals surface area (Å²) in [6.45, 7) is 4.20. The molecule has 9 nitrogen and oxygen atoms in total. The minimum Gasteiger partial charge on any atom is -0.340 e. The molecular weight excluding hydrogens is 629 g/mol. The van der Waals surface area contributed by atoms with Crippen LogP contribution in [0.3, 0.4) is 0 Å². The SMILES string of the molecule is CCC1(Cc2ccc(Br)cc2)C(=O)N(c2cc(Cl)cc(Cl)c2)c2ncc(S(=O)(=O)N3CCN(C(C)=O)CC3)n21. The molecule has 0 bridgehead atoms. The molecule has 206 valence electrons. The van der Waals surface area contributed by atoms with Crippen LogP contribution in [0.25, 0.3) is 0 Å².